The maximum Gasteiger partial charge on any atom is 0.137 e. The lowest BCUT2D eigenvalue weighted by atomic mass is 9.81. The number of benzene rings is 4. The average Bonchev–Trinajstić information content (AvgIpc) is 3.68. The summed E-state index contributed by atoms with van der Waals surface area (Å²) in [7, 11) is 0. The van der Waals surface area contributed by atoms with Crippen LogP contribution in [0, 0.1) is 10.8 Å². The lowest BCUT2D eigenvalue weighted by Gasteiger charge is -2.34. The zero-order chi connectivity index (χ0) is 41.5. The number of allylic oxidation sites excluding steroid dienone is 2. The number of nitrogens with zero attached hydrogens (tertiary/aromatic N) is 4. The predicted molar refractivity (Wildman–Crippen MR) is 243 cm³/mol. The smallest absolute Gasteiger partial charge is 0.137 e. The Morgan fingerprint density at radius 3 is 1.67 bits per heavy atom. The Bertz CT molecular complexity index is 2500. The van der Waals surface area contributed by atoms with E-state index in [9.17, 15) is 0 Å². The SMILES string of the molecule is CC(C)(C)C1=C(C(C)(C)C)N(c2cc(Oc3ccc4c5ccccc5n(-c5cc(C(C)(C)C)ccn5)c4c3)cc(C(C)(C)C)c2)CN1c1cccc(C(C)(C)C)c1. The zero-order valence-corrected chi connectivity index (χ0v) is 37.2. The van der Waals surface area contributed by atoms with Crippen molar-refractivity contribution in [3.05, 3.63) is 131 Å². The van der Waals surface area contributed by atoms with Gasteiger partial charge in [0.05, 0.1) is 17.7 Å². The van der Waals surface area contributed by atoms with Crippen molar-refractivity contribution in [2.75, 3.05) is 16.5 Å². The molecule has 0 amide bonds. The van der Waals surface area contributed by atoms with E-state index >= 15 is 0 Å². The Morgan fingerprint density at radius 1 is 0.456 bits per heavy atom. The van der Waals surface area contributed by atoms with E-state index in [-0.39, 0.29) is 27.1 Å². The molecule has 2 aromatic heterocycles. The van der Waals surface area contributed by atoms with Crippen LogP contribution in [0.4, 0.5) is 11.4 Å². The van der Waals surface area contributed by atoms with Crippen LogP contribution >= 0.6 is 0 Å². The van der Waals surface area contributed by atoms with E-state index in [0.717, 1.165) is 34.0 Å². The fraction of sp³-hybridized carbons (Fsp3) is 0.404. The quantitative estimate of drug-likeness (QED) is 0.175. The van der Waals surface area contributed by atoms with E-state index < -0.39 is 0 Å². The third-order valence-electron chi connectivity index (χ3n) is 11.3. The van der Waals surface area contributed by atoms with Crippen molar-refractivity contribution in [2.24, 2.45) is 10.8 Å². The number of anilines is 2. The molecular weight excluding hydrogens is 697 g/mol. The molecule has 3 heterocycles. The summed E-state index contributed by atoms with van der Waals surface area (Å²) in [6.45, 7) is 35.3. The third kappa shape index (κ3) is 7.83. The van der Waals surface area contributed by atoms with Crippen molar-refractivity contribution in [2.45, 2.75) is 120 Å². The largest absolute Gasteiger partial charge is 0.457 e. The van der Waals surface area contributed by atoms with Gasteiger partial charge in [-0.3, -0.25) is 4.57 Å². The van der Waals surface area contributed by atoms with E-state index in [1.807, 2.05) is 6.20 Å². The van der Waals surface area contributed by atoms with Gasteiger partial charge >= 0.3 is 0 Å². The number of fused-ring (bicyclic) bond motifs is 3. The van der Waals surface area contributed by atoms with Crippen LogP contribution in [0.3, 0.4) is 0 Å². The molecule has 0 saturated heterocycles. The van der Waals surface area contributed by atoms with Gasteiger partial charge in [0, 0.05) is 62.7 Å². The van der Waals surface area contributed by atoms with Gasteiger partial charge in [0.25, 0.3) is 0 Å². The van der Waals surface area contributed by atoms with Crippen LogP contribution < -0.4 is 14.5 Å². The first-order valence-electron chi connectivity index (χ1n) is 20.7. The molecule has 1 aliphatic heterocycles. The highest BCUT2D eigenvalue weighted by atomic mass is 16.5. The molecule has 4 aromatic carbocycles. The lowest BCUT2D eigenvalue weighted by molar-refractivity contribution is 0.444. The van der Waals surface area contributed by atoms with Crippen LogP contribution in [0.2, 0.25) is 0 Å². The summed E-state index contributed by atoms with van der Waals surface area (Å²) in [6, 6.07) is 35.4. The highest BCUT2D eigenvalue weighted by Crippen LogP contribution is 2.49. The number of hydrogen-bond donors (Lipinski definition) is 0. The molecule has 0 fully saturated rings. The molecule has 5 nitrogen and oxygen atoms in total. The number of hydrogen-bond acceptors (Lipinski definition) is 4. The second kappa shape index (κ2) is 13.8. The number of aromatic nitrogens is 2. The minimum atomic E-state index is -0.130. The molecule has 0 N–H and O–H groups in total. The first-order valence-corrected chi connectivity index (χ1v) is 20.7. The maximum atomic E-state index is 6.98. The standard InChI is InChI=1S/C52H64N4O/c1-48(2,3)34-19-18-20-37(27-34)54-33-55(47(52(13,14)15)46(54)51(10,11)12)38-28-36(50(7,8)9)29-40(31-38)57-39-23-24-42-41-21-16-17-22-43(41)56(44(42)32-39)45-30-35(25-26-53-45)49(4,5)6/h16-32H,33H2,1-15H3. The monoisotopic (exact) mass is 761 g/mol. The van der Waals surface area contributed by atoms with Crippen LogP contribution in [0.25, 0.3) is 27.6 Å². The molecule has 0 spiro atoms. The van der Waals surface area contributed by atoms with Crippen molar-refractivity contribution in [3.63, 3.8) is 0 Å². The molecule has 0 atom stereocenters. The summed E-state index contributed by atoms with van der Waals surface area (Å²) < 4.78 is 9.26. The number of rotatable bonds is 5. The van der Waals surface area contributed by atoms with Crippen molar-refractivity contribution in [3.8, 4) is 17.3 Å². The molecular formula is C52H64N4O. The molecule has 5 heteroatoms. The molecule has 0 unspecified atom stereocenters. The summed E-state index contributed by atoms with van der Waals surface area (Å²) in [5, 5.41) is 2.37. The Labute approximate surface area is 342 Å². The number of ether oxygens (including phenoxy) is 1. The van der Waals surface area contributed by atoms with E-state index in [1.54, 1.807) is 0 Å². The fourth-order valence-electron chi connectivity index (χ4n) is 8.26. The Kier molecular flexibility index (Phi) is 9.74. The van der Waals surface area contributed by atoms with E-state index in [1.165, 1.54) is 44.5 Å². The summed E-state index contributed by atoms with van der Waals surface area (Å²) in [5.74, 6) is 2.52. The normalized spacial score (nSPS) is 14.7. The van der Waals surface area contributed by atoms with Gasteiger partial charge in [-0.05, 0) is 87.5 Å². The van der Waals surface area contributed by atoms with Crippen molar-refractivity contribution >= 4 is 33.2 Å². The first kappa shape index (κ1) is 40.2. The molecule has 1 aliphatic rings. The Balaban J connectivity index is 1.37. The second-order valence-electron chi connectivity index (χ2n) is 21.2. The fourth-order valence-corrected chi connectivity index (χ4v) is 8.26. The summed E-state index contributed by atoms with van der Waals surface area (Å²) in [4.78, 5) is 10.0. The highest BCUT2D eigenvalue weighted by molar-refractivity contribution is 6.09. The molecule has 0 saturated carbocycles. The van der Waals surface area contributed by atoms with E-state index in [4.69, 9.17) is 9.72 Å². The van der Waals surface area contributed by atoms with Gasteiger partial charge in [-0.2, -0.15) is 0 Å². The topological polar surface area (TPSA) is 33.5 Å². The summed E-state index contributed by atoms with van der Waals surface area (Å²) in [6.07, 6.45) is 1.93. The number of para-hydroxylation sites is 1. The third-order valence-corrected chi connectivity index (χ3v) is 11.3. The molecule has 57 heavy (non-hydrogen) atoms. The number of pyridine rings is 1. The van der Waals surface area contributed by atoms with Crippen molar-refractivity contribution in [1.29, 1.82) is 0 Å². The van der Waals surface area contributed by atoms with Gasteiger partial charge in [0.15, 0.2) is 0 Å². The van der Waals surface area contributed by atoms with E-state index in [2.05, 4.69) is 215 Å². The van der Waals surface area contributed by atoms with Crippen LogP contribution in [0.1, 0.15) is 121 Å². The van der Waals surface area contributed by atoms with Gasteiger partial charge in [-0.15, -0.1) is 0 Å². The lowest BCUT2D eigenvalue weighted by Crippen LogP contribution is -2.31. The van der Waals surface area contributed by atoms with Crippen molar-refractivity contribution < 1.29 is 4.74 Å². The van der Waals surface area contributed by atoms with Crippen LogP contribution in [0.15, 0.2) is 115 Å². The van der Waals surface area contributed by atoms with Gasteiger partial charge in [-0.1, -0.05) is 134 Å². The van der Waals surface area contributed by atoms with Gasteiger partial charge in [0.1, 0.15) is 17.3 Å². The minimum absolute atomic E-state index is 0.000968. The summed E-state index contributed by atoms with van der Waals surface area (Å²) in [5.41, 5.74) is 10.8. The molecule has 6 aromatic rings. The molecule has 0 aliphatic carbocycles. The Hall–Kier alpha value is -5.03. The average molecular weight is 761 g/mol. The van der Waals surface area contributed by atoms with Crippen LogP contribution in [0.5, 0.6) is 11.5 Å². The second-order valence-corrected chi connectivity index (χ2v) is 21.2. The minimum Gasteiger partial charge on any atom is -0.457 e. The summed E-state index contributed by atoms with van der Waals surface area (Å²) >= 11 is 0. The maximum absolute atomic E-state index is 6.98. The predicted octanol–water partition coefficient (Wildman–Crippen LogP) is 14.5. The zero-order valence-electron chi connectivity index (χ0n) is 37.2. The van der Waals surface area contributed by atoms with Crippen LogP contribution in [-0.2, 0) is 16.2 Å². The first-order chi connectivity index (χ1) is 26.4. The highest BCUT2D eigenvalue weighted by Gasteiger charge is 2.42. The molecule has 7 rings (SSSR count). The molecule has 0 bridgehead atoms. The van der Waals surface area contributed by atoms with Crippen molar-refractivity contribution in [1.82, 2.24) is 9.55 Å². The molecule has 298 valence electrons. The van der Waals surface area contributed by atoms with Gasteiger partial charge in [0.2, 0.25) is 0 Å². The van der Waals surface area contributed by atoms with Gasteiger partial charge < -0.3 is 14.5 Å². The Morgan fingerprint density at radius 2 is 1.04 bits per heavy atom. The molecule has 0 radical (unpaired) electrons. The van der Waals surface area contributed by atoms with E-state index in [0.29, 0.717) is 6.67 Å². The van der Waals surface area contributed by atoms with Crippen LogP contribution in [-0.4, -0.2) is 16.2 Å². The van der Waals surface area contributed by atoms with Gasteiger partial charge in [-0.25, -0.2) is 4.98 Å².